The molecule has 1 aliphatic rings. The second-order valence-corrected chi connectivity index (χ2v) is 6.96. The fraction of sp³-hybridized carbons (Fsp3) is 0.304. The lowest BCUT2D eigenvalue weighted by Crippen LogP contribution is -2.31. The van der Waals surface area contributed by atoms with Crippen molar-refractivity contribution in [2.24, 2.45) is 5.73 Å². The van der Waals surface area contributed by atoms with Crippen LogP contribution in [0.3, 0.4) is 0 Å². The molecule has 1 amide bonds. The number of hydrogen-bond donors (Lipinski definition) is 2. The minimum absolute atomic E-state index is 0.0986. The lowest BCUT2D eigenvalue weighted by molar-refractivity contribution is -0.139. The molecule has 6 nitrogen and oxygen atoms in total. The van der Waals surface area contributed by atoms with Crippen LogP contribution in [0.25, 0.3) is 5.76 Å². The molecule has 0 aromatic heterocycles. The first kappa shape index (κ1) is 20.6. The summed E-state index contributed by atoms with van der Waals surface area (Å²) in [6, 6.07) is 13.9. The van der Waals surface area contributed by atoms with Crippen molar-refractivity contribution in [2.75, 3.05) is 20.2 Å². The van der Waals surface area contributed by atoms with Gasteiger partial charge in [-0.05, 0) is 54.8 Å². The van der Waals surface area contributed by atoms with Gasteiger partial charge in [-0.2, -0.15) is 0 Å². The lowest BCUT2D eigenvalue weighted by Gasteiger charge is -2.25. The van der Waals surface area contributed by atoms with Crippen molar-refractivity contribution >= 4 is 17.4 Å². The van der Waals surface area contributed by atoms with Gasteiger partial charge < -0.3 is 20.5 Å². The minimum Gasteiger partial charge on any atom is -0.507 e. The SMILES string of the molecule is CCc1ccc(C2/C(=C(\O)c3ccc(OC)cc3)C(=O)C(=O)N2CCCN)cc1. The van der Waals surface area contributed by atoms with Gasteiger partial charge in [0.2, 0.25) is 0 Å². The first-order valence-corrected chi connectivity index (χ1v) is 9.73. The van der Waals surface area contributed by atoms with Crippen LogP contribution < -0.4 is 10.5 Å². The van der Waals surface area contributed by atoms with E-state index in [2.05, 4.69) is 6.92 Å². The number of Topliss-reactive ketones (excluding diaryl/α,β-unsaturated/α-hetero) is 1. The van der Waals surface area contributed by atoms with E-state index in [1.54, 1.807) is 31.4 Å². The number of ketones is 1. The topological polar surface area (TPSA) is 92.9 Å². The number of ether oxygens (including phenoxy) is 1. The second-order valence-electron chi connectivity index (χ2n) is 6.96. The maximum Gasteiger partial charge on any atom is 0.295 e. The number of aryl methyl sites for hydroxylation is 1. The van der Waals surface area contributed by atoms with Crippen molar-refractivity contribution in [3.63, 3.8) is 0 Å². The molecule has 3 N–H and O–H groups in total. The molecule has 6 heteroatoms. The van der Waals surface area contributed by atoms with E-state index in [0.29, 0.717) is 30.8 Å². The zero-order chi connectivity index (χ0) is 21.0. The van der Waals surface area contributed by atoms with Gasteiger partial charge in [0.25, 0.3) is 11.7 Å². The Morgan fingerprint density at radius 1 is 1.10 bits per heavy atom. The van der Waals surface area contributed by atoms with Crippen molar-refractivity contribution < 1.29 is 19.4 Å². The predicted octanol–water partition coefficient (Wildman–Crippen LogP) is 3.03. The highest BCUT2D eigenvalue weighted by Gasteiger charge is 2.45. The van der Waals surface area contributed by atoms with Gasteiger partial charge in [0.05, 0.1) is 18.7 Å². The van der Waals surface area contributed by atoms with E-state index in [9.17, 15) is 14.7 Å². The number of benzene rings is 2. The smallest absolute Gasteiger partial charge is 0.295 e. The number of carbonyl (C=O) groups is 2. The average molecular weight is 394 g/mol. The van der Waals surface area contributed by atoms with Gasteiger partial charge in [-0.3, -0.25) is 9.59 Å². The third-order valence-electron chi connectivity index (χ3n) is 5.21. The summed E-state index contributed by atoms with van der Waals surface area (Å²) in [6.07, 6.45) is 1.46. The molecule has 1 unspecified atom stereocenters. The maximum absolute atomic E-state index is 12.9. The fourth-order valence-corrected chi connectivity index (χ4v) is 3.56. The summed E-state index contributed by atoms with van der Waals surface area (Å²) in [5.74, 6) is -0.847. The highest BCUT2D eigenvalue weighted by atomic mass is 16.5. The van der Waals surface area contributed by atoms with Crippen molar-refractivity contribution in [3.05, 3.63) is 70.8 Å². The van der Waals surface area contributed by atoms with Crippen LogP contribution in [0.4, 0.5) is 0 Å². The number of amides is 1. The molecule has 1 heterocycles. The van der Waals surface area contributed by atoms with Gasteiger partial charge in [-0.25, -0.2) is 0 Å². The standard InChI is InChI=1S/C23H26N2O4/c1-3-15-5-7-16(8-6-15)20-19(22(27)23(28)25(20)14-4-13-24)21(26)17-9-11-18(29-2)12-10-17/h5-12,20,26H,3-4,13-14,24H2,1-2H3/b21-19+. The van der Waals surface area contributed by atoms with Crippen LogP contribution >= 0.6 is 0 Å². The van der Waals surface area contributed by atoms with Gasteiger partial charge >= 0.3 is 0 Å². The highest BCUT2D eigenvalue weighted by Crippen LogP contribution is 2.39. The van der Waals surface area contributed by atoms with E-state index in [1.165, 1.54) is 4.90 Å². The van der Waals surface area contributed by atoms with Crippen molar-refractivity contribution in [2.45, 2.75) is 25.8 Å². The predicted molar refractivity (Wildman–Crippen MR) is 111 cm³/mol. The Morgan fingerprint density at radius 3 is 2.31 bits per heavy atom. The van der Waals surface area contributed by atoms with E-state index in [1.807, 2.05) is 24.3 Å². The highest BCUT2D eigenvalue weighted by molar-refractivity contribution is 6.46. The Bertz CT molecular complexity index is 917. The molecular formula is C23H26N2O4. The van der Waals surface area contributed by atoms with Crippen LogP contribution in [0, 0.1) is 0 Å². The molecule has 0 radical (unpaired) electrons. The molecule has 3 rings (SSSR count). The number of rotatable bonds is 7. The number of nitrogens with zero attached hydrogens (tertiary/aromatic N) is 1. The number of aliphatic hydroxyl groups excluding tert-OH is 1. The van der Waals surface area contributed by atoms with Gasteiger partial charge in [0.1, 0.15) is 11.5 Å². The molecule has 1 aliphatic heterocycles. The number of methoxy groups -OCH3 is 1. The zero-order valence-electron chi connectivity index (χ0n) is 16.7. The Balaban J connectivity index is 2.11. The summed E-state index contributed by atoms with van der Waals surface area (Å²) < 4.78 is 5.15. The molecule has 0 spiro atoms. The van der Waals surface area contributed by atoms with Gasteiger partial charge in [0, 0.05) is 12.1 Å². The summed E-state index contributed by atoms with van der Waals surface area (Å²) in [7, 11) is 1.55. The third-order valence-corrected chi connectivity index (χ3v) is 5.21. The van der Waals surface area contributed by atoms with Crippen molar-refractivity contribution in [1.82, 2.24) is 4.90 Å². The maximum atomic E-state index is 12.9. The van der Waals surface area contributed by atoms with Crippen molar-refractivity contribution in [3.8, 4) is 5.75 Å². The number of hydrogen-bond acceptors (Lipinski definition) is 5. The molecule has 1 atom stereocenters. The molecule has 0 aliphatic carbocycles. The molecule has 0 saturated carbocycles. The number of carbonyl (C=O) groups excluding carboxylic acids is 2. The molecule has 2 aromatic rings. The number of likely N-dealkylation sites (tertiary alicyclic amines) is 1. The van der Waals surface area contributed by atoms with E-state index in [-0.39, 0.29) is 11.3 Å². The molecule has 1 fully saturated rings. The first-order chi connectivity index (χ1) is 14.0. The minimum atomic E-state index is -0.681. The van der Waals surface area contributed by atoms with Crippen LogP contribution in [-0.4, -0.2) is 41.9 Å². The Hall–Kier alpha value is -3.12. The van der Waals surface area contributed by atoms with Crippen molar-refractivity contribution in [1.29, 1.82) is 0 Å². The Morgan fingerprint density at radius 2 is 1.76 bits per heavy atom. The van der Waals surface area contributed by atoms with Crippen LogP contribution in [0.5, 0.6) is 5.75 Å². The van der Waals surface area contributed by atoms with Crippen LogP contribution in [0.2, 0.25) is 0 Å². The van der Waals surface area contributed by atoms with E-state index in [4.69, 9.17) is 10.5 Å². The summed E-state index contributed by atoms with van der Waals surface area (Å²) in [5, 5.41) is 11.0. The fourth-order valence-electron chi connectivity index (χ4n) is 3.56. The third kappa shape index (κ3) is 4.03. The van der Waals surface area contributed by atoms with Crippen LogP contribution in [-0.2, 0) is 16.0 Å². The summed E-state index contributed by atoms with van der Waals surface area (Å²) >= 11 is 0. The van der Waals surface area contributed by atoms with Gasteiger partial charge in [0.15, 0.2) is 0 Å². The summed E-state index contributed by atoms with van der Waals surface area (Å²) in [6.45, 7) is 2.82. The first-order valence-electron chi connectivity index (χ1n) is 9.73. The van der Waals surface area contributed by atoms with E-state index in [0.717, 1.165) is 17.5 Å². The van der Waals surface area contributed by atoms with E-state index >= 15 is 0 Å². The van der Waals surface area contributed by atoms with Gasteiger partial charge in [-0.1, -0.05) is 31.2 Å². The molecule has 0 bridgehead atoms. The zero-order valence-corrected chi connectivity index (χ0v) is 16.7. The van der Waals surface area contributed by atoms with Crippen LogP contribution in [0.1, 0.15) is 36.1 Å². The number of nitrogens with two attached hydrogens (primary N) is 1. The summed E-state index contributed by atoms with van der Waals surface area (Å²) in [5.41, 5.74) is 8.12. The monoisotopic (exact) mass is 394 g/mol. The average Bonchev–Trinajstić information content (AvgIpc) is 3.02. The molecule has 29 heavy (non-hydrogen) atoms. The largest absolute Gasteiger partial charge is 0.507 e. The Kier molecular flexibility index (Phi) is 6.34. The molecule has 2 aromatic carbocycles. The van der Waals surface area contributed by atoms with E-state index < -0.39 is 17.7 Å². The molecule has 1 saturated heterocycles. The summed E-state index contributed by atoms with van der Waals surface area (Å²) in [4.78, 5) is 27.1. The molecule has 152 valence electrons. The normalized spacial score (nSPS) is 18.3. The lowest BCUT2D eigenvalue weighted by atomic mass is 9.94. The van der Waals surface area contributed by atoms with Gasteiger partial charge in [-0.15, -0.1) is 0 Å². The second kappa shape index (κ2) is 8.92. The quantitative estimate of drug-likeness (QED) is 0.428. The molecular weight excluding hydrogens is 368 g/mol. The number of aliphatic hydroxyl groups is 1. The van der Waals surface area contributed by atoms with Crippen LogP contribution in [0.15, 0.2) is 54.1 Å². The Labute approximate surface area is 170 Å².